The summed E-state index contributed by atoms with van der Waals surface area (Å²) in [5.74, 6) is 0.692. The highest BCUT2D eigenvalue weighted by Crippen LogP contribution is 2.06. The minimum Gasteiger partial charge on any atom is -0.370 e. The van der Waals surface area contributed by atoms with E-state index in [2.05, 4.69) is 22.5 Å². The third-order valence-electron chi connectivity index (χ3n) is 3.16. The Hall–Kier alpha value is -2.36. The lowest BCUT2D eigenvalue weighted by atomic mass is 10.1. The fraction of sp³-hybridized carbons (Fsp3) is 0.294. The number of aryl methyl sites for hydroxylation is 1. The molecule has 4 heteroatoms. The Morgan fingerprint density at radius 1 is 1.14 bits per heavy atom. The van der Waals surface area contributed by atoms with E-state index in [1.54, 1.807) is 12.3 Å². The first kappa shape index (κ1) is 15.0. The number of hydrogen-bond donors (Lipinski definition) is 2. The van der Waals surface area contributed by atoms with Gasteiger partial charge in [0.2, 0.25) is 0 Å². The molecular weight excluding hydrogens is 262 g/mol. The molecule has 0 aliphatic carbocycles. The Morgan fingerprint density at radius 3 is 2.52 bits per heavy atom. The maximum absolute atomic E-state index is 12.0. The predicted octanol–water partition coefficient (Wildman–Crippen LogP) is 3.14. The number of amides is 1. The van der Waals surface area contributed by atoms with Gasteiger partial charge in [0.25, 0.3) is 5.91 Å². The molecule has 0 fully saturated rings. The molecule has 0 saturated carbocycles. The van der Waals surface area contributed by atoms with E-state index in [1.807, 2.05) is 37.3 Å². The molecule has 110 valence electrons. The molecule has 0 atom stereocenters. The monoisotopic (exact) mass is 283 g/mol. The zero-order valence-electron chi connectivity index (χ0n) is 12.5. The maximum Gasteiger partial charge on any atom is 0.253 e. The van der Waals surface area contributed by atoms with Gasteiger partial charge in [0.05, 0.1) is 5.56 Å². The Bertz CT molecular complexity index is 576. The van der Waals surface area contributed by atoms with Crippen molar-refractivity contribution in [2.24, 2.45) is 0 Å². The predicted molar refractivity (Wildman–Crippen MR) is 85.4 cm³/mol. The van der Waals surface area contributed by atoms with Gasteiger partial charge >= 0.3 is 0 Å². The van der Waals surface area contributed by atoms with Gasteiger partial charge in [-0.2, -0.15) is 0 Å². The number of anilines is 1. The lowest BCUT2D eigenvalue weighted by Gasteiger charge is -2.07. The Labute approximate surface area is 125 Å². The number of carbonyl (C=O) groups is 1. The fourth-order valence-corrected chi connectivity index (χ4v) is 1.88. The van der Waals surface area contributed by atoms with Crippen LogP contribution in [0.3, 0.4) is 0 Å². The zero-order chi connectivity index (χ0) is 15.1. The normalized spacial score (nSPS) is 10.2. The van der Waals surface area contributed by atoms with Crippen LogP contribution in [0.5, 0.6) is 0 Å². The summed E-state index contributed by atoms with van der Waals surface area (Å²) in [6.07, 6.45) is 2.64. The van der Waals surface area contributed by atoms with E-state index in [-0.39, 0.29) is 5.91 Å². The number of pyridine rings is 1. The first-order valence-electron chi connectivity index (χ1n) is 7.22. The van der Waals surface area contributed by atoms with Gasteiger partial charge < -0.3 is 10.6 Å². The van der Waals surface area contributed by atoms with E-state index in [4.69, 9.17) is 0 Å². The number of aromatic nitrogens is 1. The Kier molecular flexibility index (Phi) is 5.32. The van der Waals surface area contributed by atoms with Crippen molar-refractivity contribution in [3.05, 3.63) is 59.3 Å². The van der Waals surface area contributed by atoms with Crippen LogP contribution >= 0.6 is 0 Å². The molecule has 21 heavy (non-hydrogen) atoms. The highest BCUT2D eigenvalue weighted by atomic mass is 16.1. The van der Waals surface area contributed by atoms with E-state index >= 15 is 0 Å². The fourth-order valence-electron chi connectivity index (χ4n) is 1.88. The van der Waals surface area contributed by atoms with Crippen molar-refractivity contribution < 1.29 is 4.79 Å². The summed E-state index contributed by atoms with van der Waals surface area (Å²) in [6.45, 7) is 5.54. The van der Waals surface area contributed by atoms with Crippen LogP contribution in [0.2, 0.25) is 0 Å². The molecule has 2 aromatic rings. The van der Waals surface area contributed by atoms with Crippen molar-refractivity contribution in [3.63, 3.8) is 0 Å². The van der Waals surface area contributed by atoms with Gasteiger partial charge in [-0.3, -0.25) is 4.79 Å². The molecule has 1 aromatic heterocycles. The molecule has 0 bridgehead atoms. The molecule has 0 unspecified atom stereocenters. The quantitative estimate of drug-likeness (QED) is 0.856. The van der Waals surface area contributed by atoms with Gasteiger partial charge in [0, 0.05) is 19.3 Å². The first-order valence-corrected chi connectivity index (χ1v) is 7.22. The molecule has 4 nitrogen and oxygen atoms in total. The number of nitrogens with one attached hydrogen (secondary N) is 2. The highest BCUT2D eigenvalue weighted by Gasteiger charge is 2.05. The van der Waals surface area contributed by atoms with Crippen molar-refractivity contribution >= 4 is 11.7 Å². The summed E-state index contributed by atoms with van der Waals surface area (Å²) in [4.78, 5) is 16.3. The largest absolute Gasteiger partial charge is 0.370 e. The minimum atomic E-state index is -0.106. The van der Waals surface area contributed by atoms with E-state index in [0.29, 0.717) is 12.1 Å². The van der Waals surface area contributed by atoms with Crippen molar-refractivity contribution in [2.75, 3.05) is 11.9 Å². The minimum absolute atomic E-state index is 0.106. The van der Waals surface area contributed by atoms with Gasteiger partial charge in [-0.05, 0) is 31.0 Å². The second kappa shape index (κ2) is 7.43. The van der Waals surface area contributed by atoms with Gasteiger partial charge in [-0.25, -0.2) is 4.98 Å². The van der Waals surface area contributed by atoms with Crippen LogP contribution in [-0.4, -0.2) is 17.4 Å². The number of hydrogen-bond acceptors (Lipinski definition) is 3. The van der Waals surface area contributed by atoms with Crippen LogP contribution < -0.4 is 10.6 Å². The van der Waals surface area contributed by atoms with Gasteiger partial charge in [-0.1, -0.05) is 36.8 Å². The second-order valence-electron chi connectivity index (χ2n) is 5.03. The van der Waals surface area contributed by atoms with Gasteiger partial charge in [0.1, 0.15) is 5.82 Å². The molecule has 0 aliphatic heterocycles. The van der Waals surface area contributed by atoms with Crippen LogP contribution in [0.25, 0.3) is 0 Å². The number of nitrogens with zero attached hydrogens (tertiary/aromatic N) is 1. The molecule has 0 radical (unpaired) electrons. The average molecular weight is 283 g/mol. The number of carbonyl (C=O) groups excluding carboxylic acids is 1. The second-order valence-corrected chi connectivity index (χ2v) is 5.03. The van der Waals surface area contributed by atoms with E-state index < -0.39 is 0 Å². The lowest BCUT2D eigenvalue weighted by molar-refractivity contribution is 0.0950. The van der Waals surface area contributed by atoms with Crippen LogP contribution in [0, 0.1) is 6.92 Å². The summed E-state index contributed by atoms with van der Waals surface area (Å²) in [5.41, 5.74) is 2.87. The standard InChI is InChI=1S/C17H21N3O/c1-3-10-18-16-9-8-15(12-19-16)17(21)20-11-14-6-4-13(2)5-7-14/h4-9,12H,3,10-11H2,1-2H3,(H,18,19)(H,20,21). The lowest BCUT2D eigenvalue weighted by Crippen LogP contribution is -2.23. The maximum atomic E-state index is 12.0. The summed E-state index contributed by atoms with van der Waals surface area (Å²) < 4.78 is 0. The number of rotatable bonds is 6. The summed E-state index contributed by atoms with van der Waals surface area (Å²) in [6, 6.07) is 11.7. The Balaban J connectivity index is 1.89. The summed E-state index contributed by atoms with van der Waals surface area (Å²) in [5, 5.41) is 6.08. The van der Waals surface area contributed by atoms with Gasteiger partial charge in [-0.15, -0.1) is 0 Å². The van der Waals surface area contributed by atoms with Crippen molar-refractivity contribution in [3.8, 4) is 0 Å². The molecule has 1 heterocycles. The third-order valence-corrected chi connectivity index (χ3v) is 3.16. The van der Waals surface area contributed by atoms with Crippen LogP contribution in [0.1, 0.15) is 34.8 Å². The first-order chi connectivity index (χ1) is 10.2. The topological polar surface area (TPSA) is 54.0 Å². The molecule has 1 aromatic carbocycles. The number of benzene rings is 1. The van der Waals surface area contributed by atoms with Crippen molar-refractivity contribution in [2.45, 2.75) is 26.8 Å². The van der Waals surface area contributed by atoms with Crippen LogP contribution in [0.15, 0.2) is 42.6 Å². The van der Waals surface area contributed by atoms with E-state index in [1.165, 1.54) is 5.56 Å². The molecular formula is C17H21N3O. The molecule has 0 aliphatic rings. The summed E-state index contributed by atoms with van der Waals surface area (Å²) >= 11 is 0. The molecule has 1 amide bonds. The smallest absolute Gasteiger partial charge is 0.253 e. The van der Waals surface area contributed by atoms with Crippen LogP contribution in [0.4, 0.5) is 5.82 Å². The average Bonchev–Trinajstić information content (AvgIpc) is 2.52. The Morgan fingerprint density at radius 2 is 1.90 bits per heavy atom. The summed E-state index contributed by atoms with van der Waals surface area (Å²) in [7, 11) is 0. The highest BCUT2D eigenvalue weighted by molar-refractivity contribution is 5.93. The van der Waals surface area contributed by atoms with E-state index in [9.17, 15) is 4.79 Å². The molecule has 0 spiro atoms. The zero-order valence-corrected chi connectivity index (χ0v) is 12.5. The molecule has 2 rings (SSSR count). The van der Waals surface area contributed by atoms with Gasteiger partial charge in [0.15, 0.2) is 0 Å². The van der Waals surface area contributed by atoms with Crippen molar-refractivity contribution in [1.29, 1.82) is 0 Å². The molecule has 2 N–H and O–H groups in total. The SMILES string of the molecule is CCCNc1ccc(C(=O)NCc2ccc(C)cc2)cn1. The molecule has 0 saturated heterocycles. The van der Waals surface area contributed by atoms with E-state index in [0.717, 1.165) is 24.3 Å². The third kappa shape index (κ3) is 4.60. The van der Waals surface area contributed by atoms with Crippen molar-refractivity contribution in [1.82, 2.24) is 10.3 Å². The van der Waals surface area contributed by atoms with Crippen LogP contribution in [-0.2, 0) is 6.54 Å².